The zero-order valence-corrected chi connectivity index (χ0v) is 15.4. The molecule has 1 saturated heterocycles. The average Bonchev–Trinajstić information content (AvgIpc) is 3.22. The van der Waals surface area contributed by atoms with Crippen LogP contribution in [0.2, 0.25) is 0 Å². The molecule has 5 nitrogen and oxygen atoms in total. The van der Waals surface area contributed by atoms with E-state index in [9.17, 15) is 0 Å². The van der Waals surface area contributed by atoms with Crippen LogP contribution in [0.5, 0.6) is 11.5 Å². The number of hydrogen-bond acceptors (Lipinski definition) is 5. The smallest absolute Gasteiger partial charge is 0.161 e. The number of anilines is 1. The summed E-state index contributed by atoms with van der Waals surface area (Å²) in [6, 6.07) is 14.6. The maximum Gasteiger partial charge on any atom is 0.161 e. The van der Waals surface area contributed by atoms with Crippen molar-refractivity contribution in [3.05, 3.63) is 59.8 Å². The summed E-state index contributed by atoms with van der Waals surface area (Å²) in [4.78, 5) is 4.51. The SMILES string of the molecule is COc1ccc(C2Nc3ccc4ncccc4c3[C@H]3OCC[C@@H]23)cc1OC. The number of nitrogens with one attached hydrogen (secondary N) is 1. The Bertz CT molecular complexity index is 1000. The number of methoxy groups -OCH3 is 2. The molecule has 0 aliphatic carbocycles. The maximum absolute atomic E-state index is 6.22. The molecule has 3 aromatic rings. The van der Waals surface area contributed by atoms with Gasteiger partial charge in [-0.15, -0.1) is 0 Å². The molecular weight excluding hydrogens is 340 g/mol. The summed E-state index contributed by atoms with van der Waals surface area (Å²) in [5, 5.41) is 4.93. The minimum Gasteiger partial charge on any atom is -0.493 e. The van der Waals surface area contributed by atoms with E-state index in [1.54, 1.807) is 14.2 Å². The second-order valence-electron chi connectivity index (χ2n) is 7.08. The van der Waals surface area contributed by atoms with E-state index in [4.69, 9.17) is 14.2 Å². The molecule has 138 valence electrons. The summed E-state index contributed by atoms with van der Waals surface area (Å²) < 4.78 is 17.1. The lowest BCUT2D eigenvalue weighted by molar-refractivity contribution is 0.0841. The van der Waals surface area contributed by atoms with Gasteiger partial charge in [0.15, 0.2) is 11.5 Å². The van der Waals surface area contributed by atoms with Crippen LogP contribution in [-0.2, 0) is 4.74 Å². The van der Waals surface area contributed by atoms with Crippen molar-refractivity contribution in [2.45, 2.75) is 18.6 Å². The zero-order valence-electron chi connectivity index (χ0n) is 15.4. The van der Waals surface area contributed by atoms with Gasteiger partial charge in [0.05, 0.1) is 31.9 Å². The van der Waals surface area contributed by atoms with Gasteiger partial charge in [-0.25, -0.2) is 0 Å². The van der Waals surface area contributed by atoms with Crippen LogP contribution >= 0.6 is 0 Å². The van der Waals surface area contributed by atoms with Gasteiger partial charge in [0, 0.05) is 35.4 Å². The molecule has 0 saturated carbocycles. The van der Waals surface area contributed by atoms with E-state index < -0.39 is 0 Å². The van der Waals surface area contributed by atoms with E-state index in [2.05, 4.69) is 40.6 Å². The third-order valence-corrected chi connectivity index (χ3v) is 5.75. The van der Waals surface area contributed by atoms with Crippen molar-refractivity contribution in [1.82, 2.24) is 4.98 Å². The highest BCUT2D eigenvalue weighted by atomic mass is 16.5. The first kappa shape index (κ1) is 16.4. The third-order valence-electron chi connectivity index (χ3n) is 5.75. The Labute approximate surface area is 158 Å². The average molecular weight is 362 g/mol. The summed E-state index contributed by atoms with van der Waals surface area (Å²) in [7, 11) is 3.33. The van der Waals surface area contributed by atoms with E-state index in [0.717, 1.165) is 35.7 Å². The molecule has 2 aliphatic heterocycles. The van der Waals surface area contributed by atoms with Gasteiger partial charge in [0.2, 0.25) is 0 Å². The van der Waals surface area contributed by atoms with Crippen molar-refractivity contribution >= 4 is 16.6 Å². The Morgan fingerprint density at radius 1 is 1.07 bits per heavy atom. The van der Waals surface area contributed by atoms with Gasteiger partial charge < -0.3 is 19.5 Å². The van der Waals surface area contributed by atoms with E-state index in [0.29, 0.717) is 5.92 Å². The number of hydrogen-bond donors (Lipinski definition) is 1. The molecule has 0 amide bonds. The highest BCUT2D eigenvalue weighted by Gasteiger charge is 2.42. The quantitative estimate of drug-likeness (QED) is 0.744. The molecule has 3 heterocycles. The summed E-state index contributed by atoms with van der Waals surface area (Å²) in [6.07, 6.45) is 2.93. The molecule has 1 N–H and O–H groups in total. The largest absolute Gasteiger partial charge is 0.493 e. The van der Waals surface area contributed by atoms with Gasteiger partial charge in [0.1, 0.15) is 0 Å². The first-order chi connectivity index (χ1) is 13.3. The summed E-state index contributed by atoms with van der Waals surface area (Å²) in [6.45, 7) is 0.775. The lowest BCUT2D eigenvalue weighted by Gasteiger charge is -2.37. The first-order valence-corrected chi connectivity index (χ1v) is 9.28. The van der Waals surface area contributed by atoms with Gasteiger partial charge in [-0.2, -0.15) is 0 Å². The molecular formula is C22H22N2O3. The second-order valence-corrected chi connectivity index (χ2v) is 7.08. The molecule has 1 aromatic heterocycles. The summed E-state index contributed by atoms with van der Waals surface area (Å²) in [5.74, 6) is 1.86. The molecule has 1 unspecified atom stereocenters. The van der Waals surface area contributed by atoms with Crippen molar-refractivity contribution < 1.29 is 14.2 Å². The van der Waals surface area contributed by atoms with Crippen LogP contribution in [0.15, 0.2) is 48.7 Å². The fourth-order valence-corrected chi connectivity index (χ4v) is 4.50. The maximum atomic E-state index is 6.22. The van der Waals surface area contributed by atoms with Crippen molar-refractivity contribution in [2.75, 3.05) is 26.1 Å². The Kier molecular flexibility index (Phi) is 3.90. The Morgan fingerprint density at radius 3 is 2.81 bits per heavy atom. The van der Waals surface area contributed by atoms with Crippen LogP contribution in [-0.4, -0.2) is 25.8 Å². The summed E-state index contributed by atoms with van der Waals surface area (Å²) >= 11 is 0. The molecule has 5 heteroatoms. The number of pyridine rings is 1. The van der Waals surface area contributed by atoms with Crippen molar-refractivity contribution in [2.24, 2.45) is 5.92 Å². The standard InChI is InChI=1S/C22H22N2O3/c1-25-18-8-5-13(12-19(18)26-2)21-15-9-11-27-22(15)20-14-4-3-10-23-16(14)6-7-17(20)24-21/h3-8,10,12,15,21-22,24H,9,11H2,1-2H3/t15-,21?,22-/m0/s1. The lowest BCUT2D eigenvalue weighted by Crippen LogP contribution is -2.29. The Hall–Kier alpha value is -2.79. The molecule has 2 aromatic carbocycles. The number of benzene rings is 2. The van der Waals surface area contributed by atoms with Crippen LogP contribution in [0.25, 0.3) is 10.9 Å². The van der Waals surface area contributed by atoms with Crippen LogP contribution in [0.3, 0.4) is 0 Å². The molecule has 27 heavy (non-hydrogen) atoms. The predicted octanol–water partition coefficient (Wildman–Crippen LogP) is 4.50. The van der Waals surface area contributed by atoms with Gasteiger partial charge in [-0.1, -0.05) is 12.1 Å². The molecule has 2 aliphatic rings. The van der Waals surface area contributed by atoms with Crippen LogP contribution in [0.1, 0.15) is 29.7 Å². The molecule has 0 radical (unpaired) electrons. The highest BCUT2D eigenvalue weighted by Crippen LogP contribution is 2.52. The fraction of sp³-hybridized carbons (Fsp3) is 0.318. The number of aromatic nitrogens is 1. The van der Waals surface area contributed by atoms with Crippen LogP contribution < -0.4 is 14.8 Å². The third kappa shape index (κ3) is 2.53. The predicted molar refractivity (Wildman–Crippen MR) is 104 cm³/mol. The van der Waals surface area contributed by atoms with Gasteiger partial charge in [-0.05, 0) is 42.3 Å². The second kappa shape index (κ2) is 6.43. The van der Waals surface area contributed by atoms with E-state index >= 15 is 0 Å². The minimum atomic E-state index is 0.0762. The Balaban J connectivity index is 1.62. The number of rotatable bonds is 3. The van der Waals surface area contributed by atoms with Crippen molar-refractivity contribution in [1.29, 1.82) is 0 Å². The number of ether oxygens (including phenoxy) is 3. The lowest BCUT2D eigenvalue weighted by atomic mass is 9.80. The molecule has 0 spiro atoms. The molecule has 3 atom stereocenters. The van der Waals surface area contributed by atoms with Crippen LogP contribution in [0, 0.1) is 5.92 Å². The molecule has 0 bridgehead atoms. The van der Waals surface area contributed by atoms with Crippen molar-refractivity contribution in [3.8, 4) is 11.5 Å². The zero-order chi connectivity index (χ0) is 18.4. The monoisotopic (exact) mass is 362 g/mol. The normalized spacial score (nSPS) is 23.4. The van der Waals surface area contributed by atoms with Gasteiger partial charge >= 0.3 is 0 Å². The highest BCUT2D eigenvalue weighted by molar-refractivity contribution is 5.88. The molecule has 1 fully saturated rings. The number of nitrogens with zero attached hydrogens (tertiary/aromatic N) is 1. The summed E-state index contributed by atoms with van der Waals surface area (Å²) in [5.41, 5.74) is 4.56. The fourth-order valence-electron chi connectivity index (χ4n) is 4.50. The van der Waals surface area contributed by atoms with E-state index in [-0.39, 0.29) is 12.1 Å². The Morgan fingerprint density at radius 2 is 1.96 bits per heavy atom. The number of fused-ring (bicyclic) bond motifs is 5. The van der Waals surface area contributed by atoms with Gasteiger partial charge in [-0.3, -0.25) is 4.98 Å². The topological polar surface area (TPSA) is 52.6 Å². The van der Waals surface area contributed by atoms with E-state index in [1.807, 2.05) is 18.3 Å². The van der Waals surface area contributed by atoms with Gasteiger partial charge in [0.25, 0.3) is 0 Å². The first-order valence-electron chi connectivity index (χ1n) is 9.28. The van der Waals surface area contributed by atoms with Crippen LogP contribution in [0.4, 0.5) is 5.69 Å². The van der Waals surface area contributed by atoms with E-state index in [1.165, 1.54) is 16.5 Å². The van der Waals surface area contributed by atoms with Crippen molar-refractivity contribution in [3.63, 3.8) is 0 Å². The molecule has 5 rings (SSSR count). The minimum absolute atomic E-state index is 0.0762.